The molecule has 0 aliphatic carbocycles. The molecule has 0 spiro atoms. The van der Waals surface area contributed by atoms with E-state index in [9.17, 15) is 14.9 Å². The Labute approximate surface area is 145 Å². The van der Waals surface area contributed by atoms with E-state index in [1.54, 1.807) is 31.4 Å². The zero-order valence-corrected chi connectivity index (χ0v) is 13.7. The van der Waals surface area contributed by atoms with Crippen molar-refractivity contribution in [1.29, 1.82) is 0 Å². The van der Waals surface area contributed by atoms with E-state index < -0.39 is 4.92 Å². The van der Waals surface area contributed by atoms with Crippen molar-refractivity contribution in [3.8, 4) is 11.5 Å². The molecule has 0 bridgehead atoms. The summed E-state index contributed by atoms with van der Waals surface area (Å²) in [5, 5.41) is 13.4. The number of rotatable bonds is 8. The second-order valence-corrected chi connectivity index (χ2v) is 4.98. The number of non-ortho nitro benzene ring substituents is 1. The first-order valence-corrected chi connectivity index (χ1v) is 7.56. The highest BCUT2D eigenvalue weighted by Crippen LogP contribution is 2.25. The number of para-hydroxylation sites is 2. The largest absolute Gasteiger partial charge is 0.493 e. The van der Waals surface area contributed by atoms with E-state index in [-0.39, 0.29) is 18.2 Å². The Hall–Kier alpha value is -3.35. The molecule has 2 aromatic rings. The van der Waals surface area contributed by atoms with Gasteiger partial charge in [-0.3, -0.25) is 14.9 Å². The molecule has 25 heavy (non-hydrogen) atoms. The van der Waals surface area contributed by atoms with Crippen molar-refractivity contribution in [1.82, 2.24) is 5.32 Å². The molecule has 0 radical (unpaired) electrons. The van der Waals surface area contributed by atoms with Crippen LogP contribution in [0.4, 0.5) is 5.69 Å². The van der Waals surface area contributed by atoms with Crippen LogP contribution >= 0.6 is 0 Å². The van der Waals surface area contributed by atoms with Crippen LogP contribution in [0.3, 0.4) is 0 Å². The number of amides is 1. The highest BCUT2D eigenvalue weighted by atomic mass is 16.6. The molecule has 0 aliphatic heterocycles. The normalized spacial score (nSPS) is 10.4. The molecule has 2 rings (SSSR count). The minimum absolute atomic E-state index is 0.0206. The van der Waals surface area contributed by atoms with Gasteiger partial charge in [-0.05, 0) is 23.8 Å². The number of nitrogens with zero attached hydrogens (tertiary/aromatic N) is 1. The number of benzene rings is 2. The van der Waals surface area contributed by atoms with Gasteiger partial charge in [-0.2, -0.15) is 0 Å². The second kappa shape index (κ2) is 9.07. The van der Waals surface area contributed by atoms with Crippen LogP contribution in [0.5, 0.6) is 11.5 Å². The van der Waals surface area contributed by atoms with E-state index in [2.05, 4.69) is 5.32 Å². The van der Waals surface area contributed by atoms with Gasteiger partial charge in [0.1, 0.15) is 6.61 Å². The van der Waals surface area contributed by atoms with Crippen LogP contribution < -0.4 is 14.8 Å². The maximum Gasteiger partial charge on any atom is 0.270 e. The average molecular weight is 342 g/mol. The fourth-order valence-electron chi connectivity index (χ4n) is 2.05. The van der Waals surface area contributed by atoms with E-state index in [0.29, 0.717) is 23.6 Å². The second-order valence-electron chi connectivity index (χ2n) is 4.98. The number of hydrogen-bond donors (Lipinski definition) is 1. The smallest absolute Gasteiger partial charge is 0.270 e. The number of ether oxygens (including phenoxy) is 2. The summed E-state index contributed by atoms with van der Waals surface area (Å²) in [4.78, 5) is 22.0. The molecule has 0 saturated carbocycles. The number of nitro groups is 1. The number of carbonyl (C=O) groups excluding carboxylic acids is 1. The van der Waals surface area contributed by atoms with Gasteiger partial charge in [0.15, 0.2) is 11.5 Å². The van der Waals surface area contributed by atoms with Crippen molar-refractivity contribution >= 4 is 17.7 Å². The summed E-state index contributed by atoms with van der Waals surface area (Å²) in [5.41, 5.74) is 0.558. The van der Waals surface area contributed by atoms with E-state index >= 15 is 0 Å². The van der Waals surface area contributed by atoms with Gasteiger partial charge in [0.2, 0.25) is 5.91 Å². The standard InChI is InChI=1S/C18H18N2O5/c1-24-16-7-2-3-8-17(16)25-12-11-19-18(21)10-9-14-5-4-6-15(13-14)20(22)23/h2-10,13H,11-12H2,1H3,(H,19,21)/b10-9+. The van der Waals surface area contributed by atoms with Gasteiger partial charge < -0.3 is 14.8 Å². The summed E-state index contributed by atoms with van der Waals surface area (Å²) in [5.74, 6) is 0.918. The molecule has 0 aliphatic rings. The van der Waals surface area contributed by atoms with Gasteiger partial charge in [-0.1, -0.05) is 24.3 Å². The number of carbonyl (C=O) groups is 1. The van der Waals surface area contributed by atoms with Gasteiger partial charge in [-0.25, -0.2) is 0 Å². The summed E-state index contributed by atoms with van der Waals surface area (Å²) in [6.45, 7) is 0.604. The minimum Gasteiger partial charge on any atom is -0.493 e. The molecular formula is C18H18N2O5. The third-order valence-corrected chi connectivity index (χ3v) is 3.24. The monoisotopic (exact) mass is 342 g/mol. The predicted molar refractivity (Wildman–Crippen MR) is 93.6 cm³/mol. The molecule has 0 saturated heterocycles. The Morgan fingerprint density at radius 1 is 1.20 bits per heavy atom. The Kier molecular flexibility index (Phi) is 6.53. The lowest BCUT2D eigenvalue weighted by Crippen LogP contribution is -2.26. The lowest BCUT2D eigenvalue weighted by Gasteiger charge is -2.10. The molecule has 0 heterocycles. The SMILES string of the molecule is COc1ccccc1OCCNC(=O)/C=C/c1cccc([N+](=O)[O-])c1. The van der Waals surface area contributed by atoms with Crippen molar-refractivity contribution in [2.75, 3.05) is 20.3 Å². The quantitative estimate of drug-likeness (QED) is 0.345. The topological polar surface area (TPSA) is 90.7 Å². The molecule has 1 amide bonds. The molecule has 130 valence electrons. The summed E-state index contributed by atoms with van der Waals surface area (Å²) in [6.07, 6.45) is 2.84. The number of methoxy groups -OCH3 is 1. The third kappa shape index (κ3) is 5.65. The Balaban J connectivity index is 1.79. The van der Waals surface area contributed by atoms with Crippen molar-refractivity contribution in [2.45, 2.75) is 0 Å². The zero-order valence-electron chi connectivity index (χ0n) is 13.7. The van der Waals surface area contributed by atoms with Crippen LogP contribution in [0.1, 0.15) is 5.56 Å². The highest BCUT2D eigenvalue weighted by Gasteiger charge is 2.04. The van der Waals surface area contributed by atoms with Crippen LogP contribution in [0, 0.1) is 10.1 Å². The minimum atomic E-state index is -0.480. The van der Waals surface area contributed by atoms with Gasteiger partial charge in [0.25, 0.3) is 5.69 Å². The van der Waals surface area contributed by atoms with Gasteiger partial charge in [0, 0.05) is 18.2 Å². The van der Waals surface area contributed by atoms with E-state index in [1.807, 2.05) is 12.1 Å². The highest BCUT2D eigenvalue weighted by molar-refractivity contribution is 5.91. The number of nitrogens with one attached hydrogen (secondary N) is 1. The molecular weight excluding hydrogens is 324 g/mol. The molecule has 7 heteroatoms. The van der Waals surface area contributed by atoms with Crippen molar-refractivity contribution in [3.63, 3.8) is 0 Å². The molecule has 7 nitrogen and oxygen atoms in total. The first-order chi connectivity index (χ1) is 12.1. The van der Waals surface area contributed by atoms with E-state index in [4.69, 9.17) is 9.47 Å². The van der Waals surface area contributed by atoms with Crippen molar-refractivity contribution in [3.05, 3.63) is 70.3 Å². The summed E-state index contributed by atoms with van der Waals surface area (Å²) in [7, 11) is 1.56. The van der Waals surface area contributed by atoms with Gasteiger partial charge >= 0.3 is 0 Å². The lowest BCUT2D eigenvalue weighted by molar-refractivity contribution is -0.384. The first kappa shape index (κ1) is 18.0. The fraction of sp³-hybridized carbons (Fsp3) is 0.167. The Morgan fingerprint density at radius 3 is 2.68 bits per heavy atom. The molecule has 0 aromatic heterocycles. The molecule has 0 fully saturated rings. The number of nitro benzene ring substituents is 1. The van der Waals surface area contributed by atoms with Crippen molar-refractivity contribution in [2.24, 2.45) is 0 Å². The summed E-state index contributed by atoms with van der Waals surface area (Å²) < 4.78 is 10.7. The number of hydrogen-bond acceptors (Lipinski definition) is 5. The lowest BCUT2D eigenvalue weighted by atomic mass is 10.2. The maximum atomic E-state index is 11.8. The van der Waals surface area contributed by atoms with Gasteiger partial charge in [-0.15, -0.1) is 0 Å². The summed E-state index contributed by atoms with van der Waals surface area (Å²) >= 11 is 0. The Bertz CT molecular complexity index is 774. The maximum absolute atomic E-state index is 11.8. The van der Waals surface area contributed by atoms with Crippen LogP contribution in [0.25, 0.3) is 6.08 Å². The molecule has 1 N–H and O–H groups in total. The van der Waals surface area contributed by atoms with Crippen molar-refractivity contribution < 1.29 is 19.2 Å². The third-order valence-electron chi connectivity index (χ3n) is 3.24. The van der Waals surface area contributed by atoms with E-state index in [1.165, 1.54) is 24.3 Å². The first-order valence-electron chi connectivity index (χ1n) is 7.56. The molecule has 0 unspecified atom stereocenters. The average Bonchev–Trinajstić information content (AvgIpc) is 2.64. The fourth-order valence-corrected chi connectivity index (χ4v) is 2.05. The van der Waals surface area contributed by atoms with Crippen LogP contribution in [0.15, 0.2) is 54.6 Å². The summed E-state index contributed by atoms with van der Waals surface area (Å²) in [6, 6.07) is 13.3. The van der Waals surface area contributed by atoms with Crippen LogP contribution in [-0.2, 0) is 4.79 Å². The van der Waals surface area contributed by atoms with E-state index in [0.717, 1.165) is 0 Å². The van der Waals surface area contributed by atoms with Gasteiger partial charge in [0.05, 0.1) is 18.6 Å². The Morgan fingerprint density at radius 2 is 1.96 bits per heavy atom. The predicted octanol–water partition coefficient (Wildman–Crippen LogP) is 2.81. The van der Waals surface area contributed by atoms with Crippen LogP contribution in [-0.4, -0.2) is 31.1 Å². The molecule has 0 atom stereocenters. The molecule has 2 aromatic carbocycles. The van der Waals surface area contributed by atoms with Crippen LogP contribution in [0.2, 0.25) is 0 Å². The zero-order chi connectivity index (χ0) is 18.1.